The number of aryl methyl sites for hydroxylation is 1. The van der Waals surface area contributed by atoms with E-state index in [4.69, 9.17) is 0 Å². The van der Waals surface area contributed by atoms with E-state index < -0.39 is 9.84 Å². The van der Waals surface area contributed by atoms with Gasteiger partial charge in [-0.1, -0.05) is 18.9 Å². The van der Waals surface area contributed by atoms with Crippen molar-refractivity contribution in [1.29, 1.82) is 0 Å². The number of sulfone groups is 1. The highest BCUT2D eigenvalue weighted by atomic mass is 32.2. The molecule has 1 unspecified atom stereocenters. The van der Waals surface area contributed by atoms with Crippen LogP contribution >= 0.6 is 0 Å². The lowest BCUT2D eigenvalue weighted by Gasteiger charge is -2.17. The van der Waals surface area contributed by atoms with Crippen molar-refractivity contribution in [2.75, 3.05) is 18.1 Å². The molecule has 0 aromatic heterocycles. The van der Waals surface area contributed by atoms with Gasteiger partial charge in [0.15, 0.2) is 9.84 Å². The van der Waals surface area contributed by atoms with E-state index in [0.29, 0.717) is 5.69 Å². The van der Waals surface area contributed by atoms with Crippen LogP contribution in [0.1, 0.15) is 31.2 Å². The van der Waals surface area contributed by atoms with Crippen LogP contribution in [0.15, 0.2) is 23.1 Å². The smallest absolute Gasteiger partial charge is 0.241 e. The molecule has 0 aliphatic carbocycles. The number of anilines is 1. The van der Waals surface area contributed by atoms with Crippen molar-refractivity contribution in [2.24, 2.45) is 0 Å². The first-order valence-electron chi connectivity index (χ1n) is 7.23. The summed E-state index contributed by atoms with van der Waals surface area (Å²) >= 11 is 0. The second-order valence-corrected chi connectivity index (χ2v) is 7.61. The number of amides is 1. The second kappa shape index (κ2) is 6.58. The highest BCUT2D eigenvalue weighted by Crippen LogP contribution is 2.21. The maximum atomic E-state index is 12.3. The van der Waals surface area contributed by atoms with Gasteiger partial charge in [0, 0.05) is 11.9 Å². The van der Waals surface area contributed by atoms with Gasteiger partial charge in [0.2, 0.25) is 5.91 Å². The normalized spacial score (nSPS) is 19.8. The number of rotatable bonds is 3. The van der Waals surface area contributed by atoms with E-state index in [9.17, 15) is 13.2 Å². The maximum absolute atomic E-state index is 12.3. The van der Waals surface area contributed by atoms with Crippen LogP contribution in [0.4, 0.5) is 5.69 Å². The fourth-order valence-corrected chi connectivity index (χ4v) is 3.09. The van der Waals surface area contributed by atoms with Gasteiger partial charge in [-0.15, -0.1) is 0 Å². The Labute approximate surface area is 126 Å². The van der Waals surface area contributed by atoms with E-state index >= 15 is 0 Å². The summed E-state index contributed by atoms with van der Waals surface area (Å²) in [6.45, 7) is 2.70. The van der Waals surface area contributed by atoms with Crippen molar-refractivity contribution in [3.63, 3.8) is 0 Å². The van der Waals surface area contributed by atoms with Crippen molar-refractivity contribution in [3.8, 4) is 0 Å². The van der Waals surface area contributed by atoms with Crippen molar-refractivity contribution >= 4 is 21.4 Å². The topological polar surface area (TPSA) is 75.3 Å². The molecule has 1 fully saturated rings. The first-order valence-corrected chi connectivity index (χ1v) is 9.12. The molecule has 1 heterocycles. The van der Waals surface area contributed by atoms with Crippen LogP contribution in [-0.4, -0.2) is 33.2 Å². The van der Waals surface area contributed by atoms with Gasteiger partial charge in [0.05, 0.1) is 10.9 Å². The van der Waals surface area contributed by atoms with Gasteiger partial charge < -0.3 is 10.6 Å². The Hall–Kier alpha value is -1.40. The maximum Gasteiger partial charge on any atom is 0.241 e. The molecule has 1 amide bonds. The average molecular weight is 310 g/mol. The zero-order chi connectivity index (χ0) is 15.5. The Balaban J connectivity index is 2.16. The molecule has 116 valence electrons. The summed E-state index contributed by atoms with van der Waals surface area (Å²) in [5.74, 6) is -0.0920. The zero-order valence-electron chi connectivity index (χ0n) is 12.5. The van der Waals surface area contributed by atoms with Crippen molar-refractivity contribution in [3.05, 3.63) is 23.8 Å². The third kappa shape index (κ3) is 4.28. The molecule has 1 aromatic rings. The van der Waals surface area contributed by atoms with E-state index in [0.717, 1.165) is 44.0 Å². The SMILES string of the molecule is Cc1ccc(S(C)(=O)=O)cc1NC(=O)C1CCCCCN1. The van der Waals surface area contributed by atoms with Gasteiger partial charge in [0.1, 0.15) is 0 Å². The lowest BCUT2D eigenvalue weighted by molar-refractivity contribution is -0.118. The standard InChI is InChI=1S/C15H22N2O3S/c1-11-7-8-12(21(2,19)20)10-14(11)17-15(18)13-6-4-3-5-9-16-13/h7-8,10,13,16H,3-6,9H2,1-2H3,(H,17,18). The van der Waals surface area contributed by atoms with E-state index in [2.05, 4.69) is 10.6 Å². The minimum Gasteiger partial charge on any atom is -0.324 e. The van der Waals surface area contributed by atoms with Crippen molar-refractivity contribution < 1.29 is 13.2 Å². The molecular formula is C15H22N2O3S. The third-order valence-corrected chi connectivity index (χ3v) is 4.88. The lowest BCUT2D eigenvalue weighted by atomic mass is 10.1. The molecule has 2 rings (SSSR count). The molecule has 6 heteroatoms. The Kier molecular flexibility index (Phi) is 5.00. The molecule has 1 aromatic carbocycles. The molecule has 0 radical (unpaired) electrons. The van der Waals surface area contributed by atoms with Gasteiger partial charge in [-0.25, -0.2) is 8.42 Å². The molecule has 1 atom stereocenters. The Morgan fingerprint density at radius 3 is 2.76 bits per heavy atom. The van der Waals surface area contributed by atoms with Crippen molar-refractivity contribution in [2.45, 2.75) is 43.5 Å². The predicted molar refractivity (Wildman–Crippen MR) is 83.2 cm³/mol. The summed E-state index contributed by atoms with van der Waals surface area (Å²) in [4.78, 5) is 12.5. The minimum atomic E-state index is -3.28. The van der Waals surface area contributed by atoms with Crippen LogP contribution in [-0.2, 0) is 14.6 Å². The number of hydrogen-bond donors (Lipinski definition) is 2. The molecule has 0 bridgehead atoms. The summed E-state index contributed by atoms with van der Waals surface area (Å²) in [6.07, 6.45) is 5.24. The lowest BCUT2D eigenvalue weighted by Crippen LogP contribution is -2.40. The van der Waals surface area contributed by atoms with Crippen LogP contribution in [0.25, 0.3) is 0 Å². The first kappa shape index (κ1) is 16.0. The molecule has 21 heavy (non-hydrogen) atoms. The minimum absolute atomic E-state index is 0.0920. The summed E-state index contributed by atoms with van der Waals surface area (Å²) < 4.78 is 23.2. The van der Waals surface area contributed by atoms with Crippen molar-refractivity contribution in [1.82, 2.24) is 5.32 Å². The molecule has 1 saturated heterocycles. The average Bonchev–Trinajstić information content (AvgIpc) is 2.68. The summed E-state index contributed by atoms with van der Waals surface area (Å²) in [5.41, 5.74) is 1.42. The number of carbonyl (C=O) groups is 1. The van der Waals surface area contributed by atoms with E-state index in [1.165, 1.54) is 6.07 Å². The molecule has 0 saturated carbocycles. The molecule has 2 N–H and O–H groups in total. The van der Waals surface area contributed by atoms with E-state index in [1.54, 1.807) is 12.1 Å². The van der Waals surface area contributed by atoms with Crippen LogP contribution in [0.2, 0.25) is 0 Å². The molecular weight excluding hydrogens is 288 g/mol. The van der Waals surface area contributed by atoms with Crippen LogP contribution in [0.5, 0.6) is 0 Å². The Morgan fingerprint density at radius 1 is 1.29 bits per heavy atom. The number of carbonyl (C=O) groups excluding carboxylic acids is 1. The van der Waals surface area contributed by atoms with Gasteiger partial charge >= 0.3 is 0 Å². The summed E-state index contributed by atoms with van der Waals surface area (Å²) in [5, 5.41) is 6.09. The Bertz CT molecular complexity index is 618. The zero-order valence-corrected chi connectivity index (χ0v) is 13.3. The van der Waals surface area contributed by atoms with Crippen LogP contribution < -0.4 is 10.6 Å². The third-order valence-electron chi connectivity index (χ3n) is 3.77. The van der Waals surface area contributed by atoms with Gasteiger partial charge in [0.25, 0.3) is 0 Å². The number of hydrogen-bond acceptors (Lipinski definition) is 4. The monoisotopic (exact) mass is 310 g/mol. The molecule has 0 spiro atoms. The highest BCUT2D eigenvalue weighted by Gasteiger charge is 2.20. The van der Waals surface area contributed by atoms with E-state index in [-0.39, 0.29) is 16.8 Å². The molecule has 5 nitrogen and oxygen atoms in total. The first-order chi connectivity index (χ1) is 9.88. The highest BCUT2D eigenvalue weighted by molar-refractivity contribution is 7.90. The van der Waals surface area contributed by atoms with E-state index in [1.807, 2.05) is 6.92 Å². The number of nitrogens with one attached hydrogen (secondary N) is 2. The Morgan fingerprint density at radius 2 is 2.05 bits per heavy atom. The van der Waals surface area contributed by atoms with Gasteiger partial charge in [-0.05, 0) is 44.0 Å². The van der Waals surface area contributed by atoms with Gasteiger partial charge in [-0.2, -0.15) is 0 Å². The quantitative estimate of drug-likeness (QED) is 0.893. The largest absolute Gasteiger partial charge is 0.324 e. The number of benzene rings is 1. The molecule has 1 aliphatic heterocycles. The van der Waals surface area contributed by atoms with Crippen LogP contribution in [0, 0.1) is 6.92 Å². The molecule has 1 aliphatic rings. The summed E-state index contributed by atoms with van der Waals surface area (Å²) in [7, 11) is -3.28. The fourth-order valence-electron chi connectivity index (χ4n) is 2.44. The second-order valence-electron chi connectivity index (χ2n) is 5.59. The summed E-state index contributed by atoms with van der Waals surface area (Å²) in [6, 6.07) is 4.60. The predicted octanol–water partition coefficient (Wildman–Crippen LogP) is 1.87. The van der Waals surface area contributed by atoms with Gasteiger partial charge in [-0.3, -0.25) is 4.79 Å². The fraction of sp³-hybridized carbons (Fsp3) is 0.533. The van der Waals surface area contributed by atoms with Crippen LogP contribution in [0.3, 0.4) is 0 Å².